The molecule has 1 N–H and O–H groups in total. The number of aliphatic hydroxyl groups is 1. The van der Waals surface area contributed by atoms with Gasteiger partial charge in [0, 0.05) is 24.1 Å². The molecule has 1 saturated heterocycles. The molecule has 2 aliphatic rings. The van der Waals surface area contributed by atoms with E-state index in [0.717, 1.165) is 34.0 Å². The average Bonchev–Trinajstić information content (AvgIpc) is 2.91. The lowest BCUT2D eigenvalue weighted by Gasteiger charge is -2.30. The number of aryl methyl sites for hydroxylation is 2. The average molecular weight is 409 g/mol. The van der Waals surface area contributed by atoms with E-state index in [0.29, 0.717) is 31.0 Å². The highest BCUT2D eigenvalue weighted by Crippen LogP contribution is 2.42. The van der Waals surface area contributed by atoms with Gasteiger partial charge in [0.2, 0.25) is 0 Å². The Bertz CT molecular complexity index is 681. The van der Waals surface area contributed by atoms with Crippen molar-refractivity contribution in [2.24, 2.45) is 11.8 Å². The van der Waals surface area contributed by atoms with Crippen molar-refractivity contribution in [3.63, 3.8) is 0 Å². The van der Waals surface area contributed by atoms with Gasteiger partial charge < -0.3 is 14.6 Å². The summed E-state index contributed by atoms with van der Waals surface area (Å²) in [5.41, 5.74) is 3.64. The van der Waals surface area contributed by atoms with Crippen LogP contribution in [0.4, 0.5) is 0 Å². The summed E-state index contributed by atoms with van der Waals surface area (Å²) in [6, 6.07) is 4.02. The van der Waals surface area contributed by atoms with Crippen LogP contribution in [-0.4, -0.2) is 37.3 Å². The molecule has 1 aromatic rings. The number of allylic oxidation sites excluding steroid dienone is 2. The van der Waals surface area contributed by atoms with E-state index >= 15 is 0 Å². The van der Waals surface area contributed by atoms with Crippen molar-refractivity contribution in [1.82, 2.24) is 0 Å². The van der Waals surface area contributed by atoms with Gasteiger partial charge in [-0.05, 0) is 61.4 Å². The maximum atomic E-state index is 13.2. The zero-order valence-electron chi connectivity index (χ0n) is 15.0. The Balaban J connectivity index is 1.93. The highest BCUT2D eigenvalue weighted by atomic mass is 79.9. The Morgan fingerprint density at radius 3 is 2.40 bits per heavy atom. The van der Waals surface area contributed by atoms with Gasteiger partial charge in [-0.15, -0.1) is 0 Å². The quantitative estimate of drug-likeness (QED) is 0.822. The van der Waals surface area contributed by atoms with Crippen LogP contribution < -0.4 is 0 Å². The molecule has 1 fully saturated rings. The maximum Gasteiger partial charge on any atom is 0.172 e. The number of halogens is 1. The monoisotopic (exact) mass is 408 g/mol. The van der Waals surface area contributed by atoms with Crippen molar-refractivity contribution in [1.29, 1.82) is 0 Å². The number of carbonyl (C=O) groups excluding carboxylic acids is 1. The van der Waals surface area contributed by atoms with Crippen molar-refractivity contribution >= 4 is 27.3 Å². The third-order valence-electron chi connectivity index (χ3n) is 5.42. The Labute approximate surface area is 157 Å². The molecule has 1 aromatic carbocycles. The summed E-state index contributed by atoms with van der Waals surface area (Å²) in [5.74, 6) is 0.391. The van der Waals surface area contributed by atoms with E-state index in [1.807, 2.05) is 26.0 Å². The number of hydrogen-bond acceptors (Lipinski definition) is 4. The molecule has 5 heteroatoms. The van der Waals surface area contributed by atoms with Gasteiger partial charge in [0.15, 0.2) is 5.78 Å². The summed E-state index contributed by atoms with van der Waals surface area (Å²) in [5, 5.41) is 10.8. The fraction of sp³-hybridized carbons (Fsp3) is 0.550. The highest BCUT2D eigenvalue weighted by molar-refractivity contribution is 9.10. The minimum atomic E-state index is -0.643. The van der Waals surface area contributed by atoms with Gasteiger partial charge in [0.1, 0.15) is 5.76 Å². The van der Waals surface area contributed by atoms with Crippen LogP contribution in [0.5, 0.6) is 0 Å². The van der Waals surface area contributed by atoms with Crippen molar-refractivity contribution in [2.75, 3.05) is 20.3 Å². The molecule has 1 heterocycles. The van der Waals surface area contributed by atoms with E-state index in [1.54, 1.807) is 7.11 Å². The minimum absolute atomic E-state index is 0.00404. The summed E-state index contributed by atoms with van der Waals surface area (Å²) >= 11 is 3.51. The molecule has 136 valence electrons. The van der Waals surface area contributed by atoms with Crippen LogP contribution in [0, 0.1) is 25.7 Å². The number of benzene rings is 1. The largest absolute Gasteiger partial charge is 0.500 e. The fourth-order valence-corrected chi connectivity index (χ4v) is 4.82. The van der Waals surface area contributed by atoms with E-state index in [1.165, 1.54) is 0 Å². The molecule has 1 aliphatic heterocycles. The number of rotatable bonds is 4. The van der Waals surface area contributed by atoms with Gasteiger partial charge in [0.25, 0.3) is 0 Å². The third-order valence-corrected chi connectivity index (χ3v) is 5.88. The molecule has 0 radical (unpaired) electrons. The van der Waals surface area contributed by atoms with Crippen LogP contribution in [0.3, 0.4) is 0 Å². The number of carbonyl (C=O) groups is 1. The standard InChI is InChI=1S/C20H25BrO4/c1-11-8-14(21)9-12(2)17(11)18-16(24-3)10-15(20(18)23)19(22)13-4-6-25-7-5-13/h8-9,13,15,19,22H,4-7,10H2,1-3H3. The van der Waals surface area contributed by atoms with Crippen molar-refractivity contribution in [3.8, 4) is 0 Å². The molecular formula is C20H25BrO4. The number of hydrogen-bond donors (Lipinski definition) is 1. The molecule has 2 unspecified atom stereocenters. The van der Waals surface area contributed by atoms with Gasteiger partial charge in [-0.2, -0.15) is 0 Å². The summed E-state index contributed by atoms with van der Waals surface area (Å²) < 4.78 is 11.9. The zero-order chi connectivity index (χ0) is 18.1. The molecule has 0 spiro atoms. The van der Waals surface area contributed by atoms with Gasteiger partial charge >= 0.3 is 0 Å². The Morgan fingerprint density at radius 2 is 1.84 bits per heavy atom. The lowest BCUT2D eigenvalue weighted by atomic mass is 9.82. The molecule has 1 aliphatic carbocycles. The Morgan fingerprint density at radius 1 is 1.24 bits per heavy atom. The van der Waals surface area contributed by atoms with Gasteiger partial charge in [-0.3, -0.25) is 4.79 Å². The van der Waals surface area contributed by atoms with Gasteiger partial charge in [-0.25, -0.2) is 0 Å². The number of ketones is 1. The Kier molecular flexibility index (Phi) is 5.66. The van der Waals surface area contributed by atoms with Crippen molar-refractivity contribution in [2.45, 2.75) is 39.2 Å². The first-order chi connectivity index (χ1) is 11.9. The number of Topliss-reactive ketones (excluding diaryl/α,β-unsaturated/α-hetero) is 1. The molecule has 2 atom stereocenters. The predicted octanol–water partition coefficient (Wildman–Crippen LogP) is 3.80. The highest BCUT2D eigenvalue weighted by Gasteiger charge is 2.42. The third kappa shape index (κ3) is 3.55. The van der Waals surface area contributed by atoms with Crippen LogP contribution in [-0.2, 0) is 14.3 Å². The van der Waals surface area contributed by atoms with E-state index < -0.39 is 12.0 Å². The molecule has 0 aromatic heterocycles. The van der Waals surface area contributed by atoms with E-state index in [2.05, 4.69) is 15.9 Å². The molecule has 0 amide bonds. The van der Waals surface area contributed by atoms with Gasteiger partial charge in [-0.1, -0.05) is 15.9 Å². The summed E-state index contributed by atoms with van der Waals surface area (Å²) in [6.45, 7) is 5.32. The lowest BCUT2D eigenvalue weighted by Crippen LogP contribution is -2.36. The number of aliphatic hydroxyl groups excluding tert-OH is 1. The topological polar surface area (TPSA) is 55.8 Å². The first-order valence-electron chi connectivity index (χ1n) is 8.78. The summed E-state index contributed by atoms with van der Waals surface area (Å²) in [6.07, 6.45) is 1.44. The van der Waals surface area contributed by atoms with Crippen molar-refractivity contribution < 1.29 is 19.4 Å². The van der Waals surface area contributed by atoms with E-state index in [9.17, 15) is 9.90 Å². The maximum absolute atomic E-state index is 13.2. The first kappa shape index (κ1) is 18.6. The number of ether oxygens (including phenoxy) is 2. The van der Waals surface area contributed by atoms with Crippen LogP contribution in [0.2, 0.25) is 0 Å². The van der Waals surface area contributed by atoms with Crippen molar-refractivity contribution in [3.05, 3.63) is 39.1 Å². The van der Waals surface area contributed by atoms with Crippen LogP contribution in [0.1, 0.15) is 36.0 Å². The predicted molar refractivity (Wildman–Crippen MR) is 100 cm³/mol. The van der Waals surface area contributed by atoms with Crippen LogP contribution >= 0.6 is 15.9 Å². The molecule has 0 saturated carbocycles. The summed E-state index contributed by atoms with van der Waals surface area (Å²) in [7, 11) is 1.61. The number of methoxy groups -OCH3 is 1. The molecule has 3 rings (SSSR count). The molecule has 0 bridgehead atoms. The van der Waals surface area contributed by atoms with Gasteiger partial charge in [0.05, 0.1) is 24.7 Å². The smallest absolute Gasteiger partial charge is 0.172 e. The van der Waals surface area contributed by atoms with Crippen LogP contribution in [0.15, 0.2) is 22.4 Å². The molecule has 25 heavy (non-hydrogen) atoms. The Hall–Kier alpha value is -1.17. The van der Waals surface area contributed by atoms with E-state index in [4.69, 9.17) is 9.47 Å². The second-order valence-electron chi connectivity index (χ2n) is 7.03. The zero-order valence-corrected chi connectivity index (χ0v) is 16.6. The second-order valence-corrected chi connectivity index (χ2v) is 7.95. The molecule has 4 nitrogen and oxygen atoms in total. The minimum Gasteiger partial charge on any atom is -0.500 e. The normalized spacial score (nSPS) is 23.2. The van der Waals surface area contributed by atoms with E-state index in [-0.39, 0.29) is 11.7 Å². The SMILES string of the molecule is COC1=C(c2c(C)cc(Br)cc2C)C(=O)C(C(O)C2CCOCC2)C1. The van der Waals surface area contributed by atoms with Crippen LogP contribution in [0.25, 0.3) is 5.57 Å². The second kappa shape index (κ2) is 7.60. The molecular weight excluding hydrogens is 384 g/mol. The lowest BCUT2D eigenvalue weighted by molar-refractivity contribution is -0.122. The summed E-state index contributed by atoms with van der Waals surface area (Å²) in [4.78, 5) is 13.2. The first-order valence-corrected chi connectivity index (χ1v) is 9.57. The fourth-order valence-electron chi connectivity index (χ4n) is 4.13.